The van der Waals surface area contributed by atoms with Gasteiger partial charge in [0.15, 0.2) is 0 Å². The fraction of sp³-hybridized carbons (Fsp3) is 0.500. The molecular weight excluding hydrogens is 259 g/mol. The number of nitrogens with two attached hydrogens (primary N) is 1. The van der Waals surface area contributed by atoms with Crippen LogP contribution in [0.4, 0.5) is 11.4 Å². The average Bonchev–Trinajstić information content (AvgIpc) is 2.28. The Morgan fingerprint density at radius 1 is 1.24 bits per heavy atom. The Morgan fingerprint density at radius 2 is 1.76 bits per heavy atom. The van der Waals surface area contributed by atoms with Crippen molar-refractivity contribution in [3.63, 3.8) is 0 Å². The zero-order chi connectivity index (χ0) is 12.4. The predicted molar refractivity (Wildman–Crippen MR) is 73.1 cm³/mol. The highest BCUT2D eigenvalue weighted by atomic mass is 35.5. The predicted octanol–water partition coefficient (Wildman–Crippen LogP) is 3.19. The van der Waals surface area contributed by atoms with Crippen molar-refractivity contribution in [1.82, 2.24) is 0 Å². The molecule has 1 fully saturated rings. The molecule has 0 unspecified atom stereocenters. The quantitative estimate of drug-likeness (QED) is 0.842. The highest BCUT2D eigenvalue weighted by Crippen LogP contribution is 2.37. The molecule has 0 radical (unpaired) electrons. The molecule has 0 atom stereocenters. The lowest BCUT2D eigenvalue weighted by atomic mass is 10.1. The fourth-order valence-electron chi connectivity index (χ4n) is 2.20. The summed E-state index contributed by atoms with van der Waals surface area (Å²) in [6, 6.07) is 3.48. The van der Waals surface area contributed by atoms with Crippen molar-refractivity contribution in [2.75, 3.05) is 30.8 Å². The number of nitrogen functional groups attached to an aromatic ring is 1. The Bertz CT molecular complexity index is 380. The summed E-state index contributed by atoms with van der Waals surface area (Å²) in [5.74, 6) is 0. The molecule has 1 aromatic rings. The lowest BCUT2D eigenvalue weighted by Crippen LogP contribution is -2.36. The van der Waals surface area contributed by atoms with Crippen LogP contribution in [0.3, 0.4) is 0 Å². The van der Waals surface area contributed by atoms with Crippen LogP contribution in [0.5, 0.6) is 0 Å². The second-order valence-electron chi connectivity index (χ2n) is 4.26. The van der Waals surface area contributed by atoms with Crippen LogP contribution < -0.4 is 10.6 Å². The maximum absolute atomic E-state index is 6.20. The van der Waals surface area contributed by atoms with Crippen molar-refractivity contribution in [3.05, 3.63) is 22.2 Å². The van der Waals surface area contributed by atoms with Crippen molar-refractivity contribution in [2.24, 2.45) is 0 Å². The number of nitrogens with zero attached hydrogens (tertiary/aromatic N) is 1. The molecule has 1 aromatic carbocycles. The van der Waals surface area contributed by atoms with E-state index in [0.29, 0.717) is 21.8 Å². The van der Waals surface area contributed by atoms with Crippen LogP contribution in [0.15, 0.2) is 12.1 Å². The highest BCUT2D eigenvalue weighted by Gasteiger charge is 2.22. The van der Waals surface area contributed by atoms with Gasteiger partial charge in [0, 0.05) is 25.9 Å². The smallest absolute Gasteiger partial charge is 0.0746 e. The summed E-state index contributed by atoms with van der Waals surface area (Å²) in [4.78, 5) is 2.19. The van der Waals surface area contributed by atoms with E-state index in [1.54, 1.807) is 19.2 Å². The minimum Gasteiger partial charge on any atom is -0.399 e. The third kappa shape index (κ3) is 2.79. The molecule has 0 aromatic heterocycles. The van der Waals surface area contributed by atoms with Crippen molar-refractivity contribution >= 4 is 34.6 Å². The van der Waals surface area contributed by atoms with Crippen molar-refractivity contribution in [3.8, 4) is 0 Å². The van der Waals surface area contributed by atoms with Gasteiger partial charge in [-0.3, -0.25) is 0 Å². The first-order chi connectivity index (χ1) is 8.11. The van der Waals surface area contributed by atoms with Crippen LogP contribution in [-0.2, 0) is 4.74 Å². The van der Waals surface area contributed by atoms with E-state index in [4.69, 9.17) is 33.7 Å². The van der Waals surface area contributed by atoms with Gasteiger partial charge in [-0.15, -0.1) is 0 Å². The van der Waals surface area contributed by atoms with Gasteiger partial charge in [0.1, 0.15) is 0 Å². The number of ether oxygens (including phenoxy) is 1. The van der Waals surface area contributed by atoms with Gasteiger partial charge in [-0.05, 0) is 25.0 Å². The summed E-state index contributed by atoms with van der Waals surface area (Å²) in [6.45, 7) is 1.81. The standard InChI is InChI=1S/C12H16Cl2N2O/c1-17-9-2-4-16(5-3-9)12-10(13)6-8(15)7-11(12)14/h6-7,9H,2-5,15H2,1H3. The molecular formula is C12H16Cl2N2O. The van der Waals surface area contributed by atoms with Gasteiger partial charge in [-0.25, -0.2) is 0 Å². The molecule has 2 N–H and O–H groups in total. The zero-order valence-electron chi connectivity index (χ0n) is 9.75. The Balaban J connectivity index is 2.18. The van der Waals surface area contributed by atoms with E-state index in [1.165, 1.54) is 0 Å². The largest absolute Gasteiger partial charge is 0.399 e. The van der Waals surface area contributed by atoms with Gasteiger partial charge in [-0.1, -0.05) is 23.2 Å². The molecule has 2 rings (SSSR count). The molecule has 0 spiro atoms. The molecule has 5 heteroatoms. The Hall–Kier alpha value is -0.640. The minimum absolute atomic E-state index is 0.345. The van der Waals surface area contributed by atoms with Crippen LogP contribution in [-0.4, -0.2) is 26.3 Å². The van der Waals surface area contributed by atoms with Crippen LogP contribution in [0, 0.1) is 0 Å². The molecule has 0 bridgehead atoms. The van der Waals surface area contributed by atoms with Crippen molar-refractivity contribution in [2.45, 2.75) is 18.9 Å². The average molecular weight is 275 g/mol. The summed E-state index contributed by atoms with van der Waals surface area (Å²) < 4.78 is 5.34. The summed E-state index contributed by atoms with van der Waals surface area (Å²) in [5.41, 5.74) is 7.17. The molecule has 0 saturated carbocycles. The molecule has 0 amide bonds. The lowest BCUT2D eigenvalue weighted by molar-refractivity contribution is 0.0819. The van der Waals surface area contributed by atoms with E-state index in [2.05, 4.69) is 4.90 Å². The number of methoxy groups -OCH3 is 1. The number of hydrogen-bond donors (Lipinski definition) is 1. The van der Waals surface area contributed by atoms with Crippen LogP contribution in [0.25, 0.3) is 0 Å². The molecule has 94 valence electrons. The first kappa shape index (κ1) is 12.8. The first-order valence-corrected chi connectivity index (χ1v) is 6.39. The lowest BCUT2D eigenvalue weighted by Gasteiger charge is -2.34. The van der Waals surface area contributed by atoms with Gasteiger partial charge >= 0.3 is 0 Å². The second-order valence-corrected chi connectivity index (χ2v) is 5.07. The monoisotopic (exact) mass is 274 g/mol. The van der Waals surface area contributed by atoms with E-state index >= 15 is 0 Å². The summed E-state index contributed by atoms with van der Waals surface area (Å²) in [5, 5.41) is 1.23. The van der Waals surface area contributed by atoms with Gasteiger partial charge in [0.2, 0.25) is 0 Å². The maximum Gasteiger partial charge on any atom is 0.0746 e. The van der Waals surface area contributed by atoms with Gasteiger partial charge < -0.3 is 15.4 Å². The van der Waals surface area contributed by atoms with Gasteiger partial charge in [0.25, 0.3) is 0 Å². The number of halogens is 2. The SMILES string of the molecule is COC1CCN(c2c(Cl)cc(N)cc2Cl)CC1. The molecule has 1 saturated heterocycles. The number of anilines is 2. The zero-order valence-corrected chi connectivity index (χ0v) is 11.3. The van der Waals surface area contributed by atoms with Gasteiger partial charge in [0.05, 0.1) is 21.8 Å². The number of piperidine rings is 1. The molecule has 1 aliphatic rings. The maximum atomic E-state index is 6.20. The number of benzene rings is 1. The summed E-state index contributed by atoms with van der Waals surface area (Å²) in [7, 11) is 1.75. The Kier molecular flexibility index (Phi) is 4.02. The normalized spacial score (nSPS) is 17.5. The second kappa shape index (κ2) is 5.34. The minimum atomic E-state index is 0.345. The molecule has 0 aliphatic carbocycles. The number of hydrogen-bond acceptors (Lipinski definition) is 3. The third-order valence-corrected chi connectivity index (χ3v) is 3.71. The summed E-state index contributed by atoms with van der Waals surface area (Å²) in [6.07, 6.45) is 2.33. The van der Waals surface area contributed by atoms with Gasteiger partial charge in [-0.2, -0.15) is 0 Å². The van der Waals surface area contributed by atoms with Crippen LogP contribution in [0.1, 0.15) is 12.8 Å². The van der Waals surface area contributed by atoms with E-state index in [0.717, 1.165) is 31.6 Å². The van der Waals surface area contributed by atoms with E-state index in [9.17, 15) is 0 Å². The van der Waals surface area contributed by atoms with Crippen LogP contribution >= 0.6 is 23.2 Å². The number of rotatable bonds is 2. The Morgan fingerprint density at radius 3 is 2.24 bits per heavy atom. The summed E-state index contributed by atoms with van der Waals surface area (Å²) >= 11 is 12.4. The van der Waals surface area contributed by atoms with E-state index in [-0.39, 0.29) is 0 Å². The first-order valence-electron chi connectivity index (χ1n) is 5.64. The molecule has 1 aliphatic heterocycles. The Labute approximate surface area is 111 Å². The van der Waals surface area contributed by atoms with E-state index in [1.807, 2.05) is 0 Å². The van der Waals surface area contributed by atoms with E-state index < -0.39 is 0 Å². The highest BCUT2D eigenvalue weighted by molar-refractivity contribution is 6.39. The van der Waals surface area contributed by atoms with Crippen LogP contribution in [0.2, 0.25) is 10.0 Å². The van der Waals surface area contributed by atoms with Crippen molar-refractivity contribution < 1.29 is 4.74 Å². The fourth-order valence-corrected chi connectivity index (χ4v) is 2.95. The topological polar surface area (TPSA) is 38.5 Å². The third-order valence-electron chi connectivity index (χ3n) is 3.13. The molecule has 3 nitrogen and oxygen atoms in total. The van der Waals surface area contributed by atoms with Crippen molar-refractivity contribution in [1.29, 1.82) is 0 Å². The molecule has 1 heterocycles. The molecule has 17 heavy (non-hydrogen) atoms.